The standard InChI is InChI=1S/C22H21NO4/c24-21(25)15-10-11-19-17(13-15)16-8-4-5-9-18(16)23(19)20(22(26)27)12-14-6-2-1-3-7-14/h1-9,15,20H,10-13H2,(H,24,25)(H,26,27). The minimum Gasteiger partial charge on any atom is -0.481 e. The van der Waals surface area contributed by atoms with Crippen molar-refractivity contribution >= 4 is 22.8 Å². The lowest BCUT2D eigenvalue weighted by atomic mass is 9.86. The fourth-order valence-corrected chi connectivity index (χ4v) is 4.24. The number of carboxylic acid groups (broad SMARTS) is 2. The summed E-state index contributed by atoms with van der Waals surface area (Å²) >= 11 is 0. The van der Waals surface area contributed by atoms with Crippen molar-refractivity contribution in [2.45, 2.75) is 31.7 Å². The Morgan fingerprint density at radius 3 is 2.44 bits per heavy atom. The fraction of sp³-hybridized carbons (Fsp3) is 0.273. The number of carboxylic acids is 2. The van der Waals surface area contributed by atoms with Crippen LogP contribution in [0.1, 0.15) is 29.3 Å². The van der Waals surface area contributed by atoms with Crippen LogP contribution in [0.2, 0.25) is 0 Å². The first-order valence-electron chi connectivity index (χ1n) is 9.16. The number of para-hydroxylation sites is 1. The molecule has 4 rings (SSSR count). The summed E-state index contributed by atoms with van der Waals surface area (Å²) in [7, 11) is 0. The highest BCUT2D eigenvalue weighted by molar-refractivity contribution is 5.89. The zero-order valence-electron chi connectivity index (χ0n) is 14.8. The zero-order valence-corrected chi connectivity index (χ0v) is 14.8. The SMILES string of the molecule is O=C(O)C1CCc2c(c3ccccc3n2C(Cc2ccccc2)C(=O)O)C1. The van der Waals surface area contributed by atoms with Crippen molar-refractivity contribution in [2.24, 2.45) is 5.92 Å². The molecular formula is C22H21NO4. The van der Waals surface area contributed by atoms with E-state index in [-0.39, 0.29) is 0 Å². The van der Waals surface area contributed by atoms with Crippen molar-refractivity contribution < 1.29 is 19.8 Å². The van der Waals surface area contributed by atoms with Crippen LogP contribution >= 0.6 is 0 Å². The predicted octanol–water partition coefficient (Wildman–Crippen LogP) is 3.70. The van der Waals surface area contributed by atoms with Crippen LogP contribution < -0.4 is 0 Å². The molecule has 1 aliphatic carbocycles. The number of nitrogens with zero attached hydrogens (tertiary/aromatic N) is 1. The molecule has 0 saturated carbocycles. The number of fused-ring (bicyclic) bond motifs is 3. The van der Waals surface area contributed by atoms with Crippen molar-refractivity contribution in [3.8, 4) is 0 Å². The van der Waals surface area contributed by atoms with E-state index in [1.807, 2.05) is 59.2 Å². The second-order valence-corrected chi connectivity index (χ2v) is 7.13. The van der Waals surface area contributed by atoms with Gasteiger partial charge in [-0.15, -0.1) is 0 Å². The largest absolute Gasteiger partial charge is 0.481 e. The predicted molar refractivity (Wildman–Crippen MR) is 102 cm³/mol. The Kier molecular flexibility index (Phi) is 4.44. The van der Waals surface area contributed by atoms with Crippen LogP contribution in [0.5, 0.6) is 0 Å². The smallest absolute Gasteiger partial charge is 0.327 e. The third-order valence-electron chi connectivity index (χ3n) is 5.53. The summed E-state index contributed by atoms with van der Waals surface area (Å²) in [6.07, 6.45) is 1.97. The van der Waals surface area contributed by atoms with Gasteiger partial charge in [-0.1, -0.05) is 48.5 Å². The minimum absolute atomic E-state index is 0.393. The summed E-state index contributed by atoms with van der Waals surface area (Å²) in [4.78, 5) is 23.7. The van der Waals surface area contributed by atoms with Crippen LogP contribution in [0, 0.1) is 5.92 Å². The highest BCUT2D eigenvalue weighted by atomic mass is 16.4. The van der Waals surface area contributed by atoms with Crippen molar-refractivity contribution in [1.29, 1.82) is 0 Å². The Morgan fingerprint density at radius 1 is 1.04 bits per heavy atom. The molecule has 5 nitrogen and oxygen atoms in total. The molecular weight excluding hydrogens is 342 g/mol. The first-order valence-corrected chi connectivity index (χ1v) is 9.16. The van der Waals surface area contributed by atoms with Gasteiger partial charge in [0.1, 0.15) is 6.04 Å². The molecule has 138 valence electrons. The molecule has 0 amide bonds. The lowest BCUT2D eigenvalue weighted by Crippen LogP contribution is -2.27. The molecule has 1 aromatic heterocycles. The number of hydrogen-bond acceptors (Lipinski definition) is 2. The van der Waals surface area contributed by atoms with Crippen LogP contribution in [-0.2, 0) is 28.9 Å². The number of benzene rings is 2. The molecule has 2 aromatic carbocycles. The third-order valence-corrected chi connectivity index (χ3v) is 5.53. The minimum atomic E-state index is -0.872. The van der Waals surface area contributed by atoms with Crippen molar-refractivity contribution in [1.82, 2.24) is 4.57 Å². The molecule has 27 heavy (non-hydrogen) atoms. The van der Waals surface area contributed by atoms with Crippen LogP contribution in [0.4, 0.5) is 0 Å². The Morgan fingerprint density at radius 2 is 1.74 bits per heavy atom. The highest BCUT2D eigenvalue weighted by Gasteiger charge is 2.33. The lowest BCUT2D eigenvalue weighted by molar-refractivity contribution is -0.143. The number of carbonyl (C=O) groups is 2. The molecule has 2 unspecified atom stereocenters. The molecule has 0 fully saturated rings. The molecule has 1 aliphatic rings. The van der Waals surface area contributed by atoms with Crippen molar-refractivity contribution in [3.63, 3.8) is 0 Å². The van der Waals surface area contributed by atoms with Gasteiger partial charge in [-0.2, -0.15) is 0 Å². The normalized spacial score (nSPS) is 17.4. The maximum absolute atomic E-state index is 12.2. The topological polar surface area (TPSA) is 79.5 Å². The van der Waals surface area contributed by atoms with E-state index < -0.39 is 23.9 Å². The van der Waals surface area contributed by atoms with E-state index in [1.165, 1.54) is 0 Å². The average Bonchev–Trinajstić information content (AvgIpc) is 3.00. The van der Waals surface area contributed by atoms with Crippen LogP contribution in [-0.4, -0.2) is 26.7 Å². The Balaban J connectivity index is 1.85. The molecule has 2 N–H and O–H groups in total. The molecule has 0 bridgehead atoms. The van der Waals surface area contributed by atoms with Gasteiger partial charge in [0.05, 0.1) is 5.92 Å². The number of aliphatic carboxylic acids is 2. The molecule has 0 radical (unpaired) electrons. The van der Waals surface area contributed by atoms with E-state index >= 15 is 0 Å². The van der Waals surface area contributed by atoms with E-state index in [1.54, 1.807) is 0 Å². The Bertz CT molecular complexity index is 1010. The van der Waals surface area contributed by atoms with Gasteiger partial charge in [0, 0.05) is 23.0 Å². The summed E-state index contributed by atoms with van der Waals surface area (Å²) in [5, 5.41) is 20.4. The average molecular weight is 363 g/mol. The number of aromatic nitrogens is 1. The maximum Gasteiger partial charge on any atom is 0.327 e. The summed E-state index contributed by atoms with van der Waals surface area (Å²) in [6.45, 7) is 0. The zero-order chi connectivity index (χ0) is 19.0. The van der Waals surface area contributed by atoms with Gasteiger partial charge in [0.2, 0.25) is 0 Å². The van der Waals surface area contributed by atoms with Gasteiger partial charge in [0.25, 0.3) is 0 Å². The Labute approximate surface area is 156 Å². The molecule has 1 heterocycles. The van der Waals surface area contributed by atoms with E-state index in [9.17, 15) is 19.8 Å². The second-order valence-electron chi connectivity index (χ2n) is 7.13. The second kappa shape index (κ2) is 6.91. The molecule has 5 heteroatoms. The third kappa shape index (κ3) is 3.10. The van der Waals surface area contributed by atoms with E-state index in [4.69, 9.17) is 0 Å². The maximum atomic E-state index is 12.2. The molecule has 0 aliphatic heterocycles. The first kappa shape index (κ1) is 17.3. The van der Waals surface area contributed by atoms with Gasteiger partial charge in [0.15, 0.2) is 0 Å². The van der Waals surface area contributed by atoms with Crippen molar-refractivity contribution in [3.05, 3.63) is 71.4 Å². The number of rotatable bonds is 5. The summed E-state index contributed by atoms with van der Waals surface area (Å²) in [5.41, 5.74) is 3.80. The van der Waals surface area contributed by atoms with Gasteiger partial charge in [-0.05, 0) is 36.5 Å². The molecule has 0 spiro atoms. The van der Waals surface area contributed by atoms with E-state index in [0.717, 1.165) is 27.7 Å². The van der Waals surface area contributed by atoms with Gasteiger partial charge >= 0.3 is 11.9 Å². The first-order chi connectivity index (χ1) is 13.1. The molecule has 3 aromatic rings. The van der Waals surface area contributed by atoms with Crippen LogP contribution in [0.25, 0.3) is 10.9 Å². The van der Waals surface area contributed by atoms with Gasteiger partial charge in [-0.3, -0.25) is 4.79 Å². The summed E-state index contributed by atoms with van der Waals surface area (Å²) in [6, 6.07) is 16.6. The van der Waals surface area contributed by atoms with Gasteiger partial charge < -0.3 is 14.8 Å². The monoisotopic (exact) mass is 363 g/mol. The quantitative estimate of drug-likeness (QED) is 0.724. The van der Waals surface area contributed by atoms with Crippen LogP contribution in [0.15, 0.2) is 54.6 Å². The highest BCUT2D eigenvalue weighted by Crippen LogP contribution is 2.37. The Hall–Kier alpha value is -3.08. The van der Waals surface area contributed by atoms with Crippen LogP contribution in [0.3, 0.4) is 0 Å². The lowest BCUT2D eigenvalue weighted by Gasteiger charge is -2.24. The molecule has 2 atom stereocenters. The van der Waals surface area contributed by atoms with Gasteiger partial charge in [-0.25, -0.2) is 4.79 Å². The van der Waals surface area contributed by atoms with Crippen molar-refractivity contribution in [2.75, 3.05) is 0 Å². The number of hydrogen-bond donors (Lipinski definition) is 2. The fourth-order valence-electron chi connectivity index (χ4n) is 4.24. The molecule has 0 saturated heterocycles. The van der Waals surface area contributed by atoms with E-state index in [0.29, 0.717) is 25.7 Å². The summed E-state index contributed by atoms with van der Waals surface area (Å²) in [5.74, 6) is -2.06. The summed E-state index contributed by atoms with van der Waals surface area (Å²) < 4.78 is 1.93. The van der Waals surface area contributed by atoms with E-state index in [2.05, 4.69) is 0 Å².